The van der Waals surface area contributed by atoms with Crippen LogP contribution in [0.25, 0.3) is 0 Å². The Morgan fingerprint density at radius 1 is 1.38 bits per heavy atom. The number of anilines is 1. The van der Waals surface area contributed by atoms with Gasteiger partial charge in [0.1, 0.15) is 0 Å². The van der Waals surface area contributed by atoms with Gasteiger partial charge in [0.05, 0.1) is 11.4 Å². The molecule has 3 nitrogen and oxygen atoms in total. The van der Waals surface area contributed by atoms with E-state index < -0.39 is 0 Å². The summed E-state index contributed by atoms with van der Waals surface area (Å²) in [5.74, 6) is 0. The summed E-state index contributed by atoms with van der Waals surface area (Å²) in [4.78, 5) is 2.82. The van der Waals surface area contributed by atoms with Gasteiger partial charge in [0, 0.05) is 29.5 Å². The van der Waals surface area contributed by atoms with Crippen LogP contribution in [0.5, 0.6) is 0 Å². The third kappa shape index (κ3) is 2.44. The molecular weight excluding hydrogens is 218 g/mol. The molecule has 0 aromatic carbocycles. The molecule has 0 amide bonds. The summed E-state index contributed by atoms with van der Waals surface area (Å²) in [6, 6.07) is 4.40. The molecule has 0 atom stereocenters. The highest BCUT2D eigenvalue weighted by molar-refractivity contribution is 7.12. The Balaban J connectivity index is 1.99. The average Bonchev–Trinajstić information content (AvgIpc) is 2.82. The second-order valence-corrected chi connectivity index (χ2v) is 5.13. The number of nitrogens with one attached hydrogen (secondary N) is 1. The van der Waals surface area contributed by atoms with Crippen molar-refractivity contribution in [2.75, 3.05) is 5.32 Å². The maximum absolute atomic E-state index is 4.30. The van der Waals surface area contributed by atoms with Crippen molar-refractivity contribution in [3.05, 3.63) is 33.8 Å². The summed E-state index contributed by atoms with van der Waals surface area (Å²) in [5, 5.41) is 7.72. The molecule has 2 aromatic rings. The Morgan fingerprint density at radius 2 is 2.12 bits per heavy atom. The summed E-state index contributed by atoms with van der Waals surface area (Å²) >= 11 is 1.88. The van der Waals surface area contributed by atoms with Crippen LogP contribution in [0, 0.1) is 6.92 Å². The molecule has 2 aromatic heterocycles. The first-order chi connectivity index (χ1) is 7.69. The van der Waals surface area contributed by atoms with Crippen LogP contribution in [0.1, 0.15) is 22.4 Å². The number of rotatable bonds is 4. The molecule has 0 aliphatic heterocycles. The van der Waals surface area contributed by atoms with Crippen LogP contribution < -0.4 is 5.32 Å². The summed E-state index contributed by atoms with van der Waals surface area (Å²) in [6.07, 6.45) is 3.14. The fourth-order valence-corrected chi connectivity index (χ4v) is 2.56. The van der Waals surface area contributed by atoms with Gasteiger partial charge in [0.15, 0.2) is 0 Å². The fourth-order valence-electron chi connectivity index (χ4n) is 1.66. The van der Waals surface area contributed by atoms with Crippen LogP contribution in [0.3, 0.4) is 0 Å². The predicted octanol–water partition coefficient (Wildman–Crippen LogP) is 2.96. The molecule has 0 saturated carbocycles. The molecule has 2 heterocycles. The quantitative estimate of drug-likeness (QED) is 0.883. The summed E-state index contributed by atoms with van der Waals surface area (Å²) in [7, 11) is 1.94. The highest BCUT2D eigenvalue weighted by Gasteiger charge is 2.03. The van der Waals surface area contributed by atoms with Gasteiger partial charge in [-0.3, -0.25) is 4.68 Å². The van der Waals surface area contributed by atoms with E-state index in [1.807, 2.05) is 36.2 Å². The number of aromatic nitrogens is 2. The van der Waals surface area contributed by atoms with E-state index in [-0.39, 0.29) is 0 Å². The van der Waals surface area contributed by atoms with Gasteiger partial charge in [0.2, 0.25) is 0 Å². The minimum Gasteiger partial charge on any atom is -0.377 e. The smallest absolute Gasteiger partial charge is 0.0825 e. The number of aryl methyl sites for hydroxylation is 3. The molecule has 2 rings (SSSR count). The second kappa shape index (κ2) is 4.70. The van der Waals surface area contributed by atoms with Crippen LogP contribution >= 0.6 is 11.3 Å². The van der Waals surface area contributed by atoms with E-state index in [1.165, 1.54) is 9.75 Å². The van der Waals surface area contributed by atoms with Crippen LogP contribution in [-0.4, -0.2) is 9.78 Å². The lowest BCUT2D eigenvalue weighted by Gasteiger charge is -2.01. The summed E-state index contributed by atoms with van der Waals surface area (Å²) in [6.45, 7) is 5.10. The number of hydrogen-bond donors (Lipinski definition) is 1. The average molecular weight is 235 g/mol. The molecule has 16 heavy (non-hydrogen) atoms. The van der Waals surface area contributed by atoms with E-state index in [9.17, 15) is 0 Å². The predicted molar refractivity (Wildman–Crippen MR) is 69.0 cm³/mol. The Labute approximate surface area is 100 Å². The van der Waals surface area contributed by atoms with Crippen molar-refractivity contribution in [1.82, 2.24) is 9.78 Å². The van der Waals surface area contributed by atoms with Crippen molar-refractivity contribution in [2.24, 2.45) is 7.05 Å². The monoisotopic (exact) mass is 235 g/mol. The van der Waals surface area contributed by atoms with Crippen LogP contribution in [0.4, 0.5) is 5.69 Å². The van der Waals surface area contributed by atoms with E-state index in [0.717, 1.165) is 24.3 Å². The van der Waals surface area contributed by atoms with Crippen LogP contribution in [-0.2, 0) is 20.0 Å². The maximum Gasteiger partial charge on any atom is 0.0825 e. The fraction of sp³-hybridized carbons (Fsp3) is 0.417. The van der Waals surface area contributed by atoms with Gasteiger partial charge >= 0.3 is 0 Å². The number of nitrogens with zero attached hydrogens (tertiary/aromatic N) is 2. The Hall–Kier alpha value is -1.29. The number of hydrogen-bond acceptors (Lipinski definition) is 3. The Morgan fingerprint density at radius 3 is 2.69 bits per heavy atom. The molecule has 0 saturated heterocycles. The second-order valence-electron chi connectivity index (χ2n) is 3.88. The van der Waals surface area contributed by atoms with Gasteiger partial charge in [-0.2, -0.15) is 5.10 Å². The normalized spacial score (nSPS) is 10.7. The van der Waals surface area contributed by atoms with E-state index in [2.05, 4.69) is 29.5 Å². The molecule has 0 aliphatic rings. The maximum atomic E-state index is 4.30. The molecule has 0 unspecified atom stereocenters. The molecule has 1 N–H and O–H groups in total. The Kier molecular flexibility index (Phi) is 3.29. The molecule has 0 radical (unpaired) electrons. The first kappa shape index (κ1) is 11.2. The highest BCUT2D eigenvalue weighted by Crippen LogP contribution is 2.19. The lowest BCUT2D eigenvalue weighted by atomic mass is 10.3. The van der Waals surface area contributed by atoms with Gasteiger partial charge in [0.25, 0.3) is 0 Å². The lowest BCUT2D eigenvalue weighted by molar-refractivity contribution is 0.756. The van der Waals surface area contributed by atoms with Gasteiger partial charge in [-0.1, -0.05) is 6.92 Å². The third-order valence-corrected chi connectivity index (χ3v) is 3.76. The molecule has 86 valence electrons. The SMILES string of the molecule is CCc1ccc(CNc2cn(C)nc2C)s1. The first-order valence-corrected chi connectivity index (χ1v) is 6.32. The third-order valence-electron chi connectivity index (χ3n) is 2.53. The van der Waals surface area contributed by atoms with Crippen molar-refractivity contribution in [3.8, 4) is 0 Å². The highest BCUT2D eigenvalue weighted by atomic mass is 32.1. The summed E-state index contributed by atoms with van der Waals surface area (Å²) < 4.78 is 1.84. The zero-order valence-electron chi connectivity index (χ0n) is 9.95. The standard InChI is InChI=1S/C12H17N3S/c1-4-10-5-6-11(16-10)7-13-12-8-15(3)14-9(12)2/h5-6,8,13H,4,7H2,1-3H3. The summed E-state index contributed by atoms with van der Waals surface area (Å²) in [5.41, 5.74) is 2.17. The molecular formula is C12H17N3S. The van der Waals surface area contributed by atoms with E-state index in [4.69, 9.17) is 0 Å². The molecule has 0 spiro atoms. The minimum atomic E-state index is 0.886. The zero-order chi connectivity index (χ0) is 11.5. The van der Waals surface area contributed by atoms with E-state index in [1.54, 1.807) is 0 Å². The molecule has 0 fully saturated rings. The zero-order valence-corrected chi connectivity index (χ0v) is 10.8. The first-order valence-electron chi connectivity index (χ1n) is 5.50. The van der Waals surface area contributed by atoms with Gasteiger partial charge in [-0.05, 0) is 25.5 Å². The minimum absolute atomic E-state index is 0.886. The van der Waals surface area contributed by atoms with Crippen LogP contribution in [0.15, 0.2) is 18.3 Å². The molecule has 4 heteroatoms. The van der Waals surface area contributed by atoms with Crippen LogP contribution in [0.2, 0.25) is 0 Å². The van der Waals surface area contributed by atoms with E-state index >= 15 is 0 Å². The van der Waals surface area contributed by atoms with Gasteiger partial charge in [-0.25, -0.2) is 0 Å². The van der Waals surface area contributed by atoms with Crippen molar-refractivity contribution in [2.45, 2.75) is 26.8 Å². The lowest BCUT2D eigenvalue weighted by Crippen LogP contribution is -1.97. The van der Waals surface area contributed by atoms with E-state index in [0.29, 0.717) is 0 Å². The van der Waals surface area contributed by atoms with Gasteiger partial charge < -0.3 is 5.32 Å². The van der Waals surface area contributed by atoms with Crippen molar-refractivity contribution in [3.63, 3.8) is 0 Å². The topological polar surface area (TPSA) is 29.9 Å². The van der Waals surface area contributed by atoms with Crippen molar-refractivity contribution >= 4 is 17.0 Å². The van der Waals surface area contributed by atoms with Crippen molar-refractivity contribution < 1.29 is 0 Å². The Bertz CT molecular complexity index is 470. The largest absolute Gasteiger partial charge is 0.377 e. The van der Waals surface area contributed by atoms with Gasteiger partial charge in [-0.15, -0.1) is 11.3 Å². The van der Waals surface area contributed by atoms with Crippen molar-refractivity contribution in [1.29, 1.82) is 0 Å². The molecule has 0 aliphatic carbocycles. The number of thiophene rings is 1. The molecule has 0 bridgehead atoms.